The normalized spacial score (nSPS) is 11.9. The first-order chi connectivity index (χ1) is 16.1. The van der Waals surface area contributed by atoms with E-state index in [2.05, 4.69) is 135 Å². The topological polar surface area (TPSA) is 92.2 Å². The Hall–Kier alpha value is -2.04. The van der Waals surface area contributed by atoms with Crippen LogP contribution < -0.4 is 39.0 Å². The fraction of sp³-hybridized carbons (Fsp3) is 0.111. The van der Waals surface area contributed by atoms with Gasteiger partial charge in [-0.1, -0.05) is 0 Å². The maximum atomic E-state index is 8.49. The van der Waals surface area contributed by atoms with Crippen LogP contribution in [-0.2, 0) is 0 Å². The van der Waals surface area contributed by atoms with Gasteiger partial charge in [-0.15, -0.1) is 10.2 Å². The summed E-state index contributed by atoms with van der Waals surface area (Å²) in [5.41, 5.74) is 0. The van der Waals surface area contributed by atoms with E-state index in [1.807, 2.05) is 0 Å². The summed E-state index contributed by atoms with van der Waals surface area (Å²) in [5.74, 6) is 0. The van der Waals surface area contributed by atoms with Gasteiger partial charge in [0, 0.05) is 0 Å². The van der Waals surface area contributed by atoms with E-state index in [4.69, 9.17) is 18.6 Å². The van der Waals surface area contributed by atoms with Crippen LogP contribution in [0.1, 0.15) is 13.8 Å². The summed E-state index contributed by atoms with van der Waals surface area (Å²) in [5, 5.41) is 4.38. The molecule has 0 unspecified atom stereocenters. The molecular formula is C27H26ClO4PSe. The van der Waals surface area contributed by atoms with Gasteiger partial charge in [0.05, 0.1) is 0 Å². The van der Waals surface area contributed by atoms with Gasteiger partial charge < -0.3 is 0 Å². The molecule has 0 heterocycles. The first-order valence-corrected chi connectivity index (χ1v) is 15.3. The molecule has 0 saturated carbocycles. The first-order valence-electron chi connectivity index (χ1n) is 10.6. The van der Waals surface area contributed by atoms with Crippen molar-refractivity contribution in [2.75, 3.05) is 0 Å². The molecule has 4 rings (SSSR count). The molecule has 0 aliphatic rings. The van der Waals surface area contributed by atoms with Gasteiger partial charge in [0.1, 0.15) is 0 Å². The minimum Gasteiger partial charge on any atom is -0.222 e. The number of hydrogen-bond donors (Lipinski definition) is 0. The summed E-state index contributed by atoms with van der Waals surface area (Å²) in [6.45, 7) is 4.97. The summed E-state index contributed by atoms with van der Waals surface area (Å²) in [6.07, 6.45) is 0. The molecule has 0 bridgehead atoms. The van der Waals surface area contributed by atoms with Crippen molar-refractivity contribution in [2.45, 2.75) is 17.9 Å². The summed E-state index contributed by atoms with van der Waals surface area (Å²) in [6, 6.07) is 44.6. The Bertz CT molecular complexity index is 1040. The van der Waals surface area contributed by atoms with E-state index >= 15 is 0 Å². The third-order valence-corrected chi connectivity index (χ3v) is 14.5. The van der Waals surface area contributed by atoms with Crippen LogP contribution in [0.25, 0.3) is 0 Å². The van der Waals surface area contributed by atoms with Crippen molar-refractivity contribution in [2.24, 2.45) is 0 Å². The molecule has 0 aromatic heterocycles. The van der Waals surface area contributed by atoms with Gasteiger partial charge in [-0.2, -0.15) is 0 Å². The number of rotatable bonds is 6. The van der Waals surface area contributed by atoms with Crippen LogP contribution in [0.5, 0.6) is 0 Å². The van der Waals surface area contributed by atoms with Crippen LogP contribution >= 0.6 is 7.26 Å². The molecule has 7 heteroatoms. The summed E-state index contributed by atoms with van der Waals surface area (Å²) in [4.78, 5) is 0. The van der Waals surface area contributed by atoms with E-state index in [1.54, 1.807) is 0 Å². The Balaban J connectivity index is 0.000000588. The van der Waals surface area contributed by atoms with Crippen LogP contribution in [0.4, 0.5) is 0 Å². The molecule has 0 atom stereocenters. The third kappa shape index (κ3) is 6.54. The molecular weight excluding hydrogens is 534 g/mol. The molecule has 0 aliphatic heterocycles. The summed E-state index contributed by atoms with van der Waals surface area (Å²) >= 11 is 0.309. The van der Waals surface area contributed by atoms with Gasteiger partial charge >= 0.3 is 182 Å². The van der Waals surface area contributed by atoms with Crippen molar-refractivity contribution in [1.82, 2.24) is 0 Å². The van der Waals surface area contributed by atoms with Gasteiger partial charge in [-0.05, 0) is 0 Å². The van der Waals surface area contributed by atoms with Crippen LogP contribution in [0.2, 0.25) is 0 Å². The molecule has 0 N–H and O–H groups in total. The smallest absolute Gasteiger partial charge is 0.112 e. The summed E-state index contributed by atoms with van der Waals surface area (Å²) < 4.78 is 35.5. The monoisotopic (exact) mass is 560 g/mol. The molecule has 4 nitrogen and oxygen atoms in total. The molecule has 34 heavy (non-hydrogen) atoms. The second-order valence-electron chi connectivity index (χ2n) is 7.92. The van der Waals surface area contributed by atoms with E-state index in [0.29, 0.717) is 15.0 Å². The SMILES string of the molecule is CC(C)([Se]c1ccccc1)[P+](c1ccccc1)(c1ccccc1)c1ccccc1.[O-][Cl+3]([O-])([O-])[O-]. The van der Waals surface area contributed by atoms with Crippen LogP contribution in [0.3, 0.4) is 0 Å². The Morgan fingerprint density at radius 3 is 1.09 bits per heavy atom. The molecule has 0 saturated heterocycles. The molecule has 4 aromatic carbocycles. The van der Waals surface area contributed by atoms with Gasteiger partial charge in [-0.3, -0.25) is 0 Å². The van der Waals surface area contributed by atoms with Crippen molar-refractivity contribution < 1.29 is 28.9 Å². The van der Waals surface area contributed by atoms with Gasteiger partial charge in [0.2, 0.25) is 0 Å². The van der Waals surface area contributed by atoms with E-state index in [0.717, 1.165) is 0 Å². The predicted octanol–water partition coefficient (Wildman–Crippen LogP) is -0.00970. The molecule has 4 aromatic rings. The minimum atomic E-state index is -4.94. The average Bonchev–Trinajstić information content (AvgIpc) is 2.81. The van der Waals surface area contributed by atoms with Crippen molar-refractivity contribution in [3.8, 4) is 0 Å². The second kappa shape index (κ2) is 11.6. The molecule has 176 valence electrons. The quantitative estimate of drug-likeness (QED) is 0.245. The Morgan fingerprint density at radius 1 is 0.529 bits per heavy atom. The molecule has 0 spiro atoms. The molecule has 0 radical (unpaired) electrons. The number of benzene rings is 4. The van der Waals surface area contributed by atoms with Gasteiger partial charge in [0.25, 0.3) is 0 Å². The fourth-order valence-electron chi connectivity index (χ4n) is 4.18. The largest absolute Gasteiger partial charge is 0.222 e. The zero-order valence-electron chi connectivity index (χ0n) is 18.9. The van der Waals surface area contributed by atoms with Crippen LogP contribution in [-0.4, -0.2) is 19.0 Å². The molecule has 0 amide bonds. The first kappa shape index (κ1) is 26.6. The molecule has 0 aliphatic carbocycles. The van der Waals surface area contributed by atoms with Crippen molar-refractivity contribution in [3.05, 3.63) is 121 Å². The minimum absolute atomic E-state index is 0.103. The second-order valence-corrected chi connectivity index (χ2v) is 16.9. The van der Waals surface area contributed by atoms with E-state index in [9.17, 15) is 0 Å². The third-order valence-electron chi connectivity index (χ3n) is 5.35. The zero-order valence-corrected chi connectivity index (χ0v) is 22.3. The van der Waals surface area contributed by atoms with Gasteiger partial charge in [0.15, 0.2) is 0 Å². The molecule has 0 fully saturated rings. The Labute approximate surface area is 210 Å². The standard InChI is InChI=1S/C27H26PSe.ClHO4/c1-27(2,29-26-21-13-6-14-22-26)28(23-15-7-3-8-16-23,24-17-9-4-10-18-24)25-19-11-5-12-20-25;2-1(3,4)5/h3-22H,1-2H3;(H,2,3,4,5)/q+1;/p-1. The Morgan fingerprint density at radius 2 is 0.794 bits per heavy atom. The van der Waals surface area contributed by atoms with E-state index < -0.39 is 17.5 Å². The van der Waals surface area contributed by atoms with E-state index in [-0.39, 0.29) is 4.05 Å². The van der Waals surface area contributed by atoms with Gasteiger partial charge in [-0.25, -0.2) is 18.6 Å². The van der Waals surface area contributed by atoms with Crippen molar-refractivity contribution >= 4 is 42.6 Å². The predicted molar refractivity (Wildman–Crippen MR) is 131 cm³/mol. The zero-order chi connectivity index (χ0) is 24.7. The van der Waals surface area contributed by atoms with Crippen molar-refractivity contribution in [3.63, 3.8) is 0 Å². The van der Waals surface area contributed by atoms with Crippen molar-refractivity contribution in [1.29, 1.82) is 0 Å². The number of halogens is 1. The summed E-state index contributed by atoms with van der Waals surface area (Å²) in [7, 11) is -6.84. The van der Waals surface area contributed by atoms with E-state index in [1.165, 1.54) is 20.4 Å². The fourth-order valence-corrected chi connectivity index (χ4v) is 14.2. The maximum absolute atomic E-state index is 8.49. The average molecular weight is 560 g/mol. The Kier molecular flexibility index (Phi) is 9.06. The van der Waals surface area contributed by atoms with Crippen LogP contribution in [0, 0.1) is 10.2 Å². The maximum Gasteiger partial charge on any atom is -0.112 e. The number of hydrogen-bond acceptors (Lipinski definition) is 4. The van der Waals surface area contributed by atoms with Crippen LogP contribution in [0.15, 0.2) is 121 Å².